The zero-order valence-electron chi connectivity index (χ0n) is 14.5. The molecule has 1 aromatic rings. The molecule has 5 heteroatoms. The summed E-state index contributed by atoms with van der Waals surface area (Å²) in [5, 5.41) is 0. The molecule has 0 aliphatic heterocycles. The zero-order valence-corrected chi connectivity index (χ0v) is 19.3. The van der Waals surface area contributed by atoms with Crippen LogP contribution in [0.4, 0.5) is 0 Å². The molecule has 1 nitrogen and oxygen atoms in total. The van der Waals surface area contributed by atoms with Gasteiger partial charge in [0.15, 0.2) is 0 Å². The molecule has 1 aromatic heterocycles. The van der Waals surface area contributed by atoms with Gasteiger partial charge in [-0.05, 0) is 43.2 Å². The topological polar surface area (TPSA) is 13.1 Å². The molecule has 0 amide bonds. The van der Waals surface area contributed by atoms with Gasteiger partial charge in [0.2, 0.25) is 0 Å². The van der Waals surface area contributed by atoms with Crippen LogP contribution < -0.4 is 0 Å². The quantitative estimate of drug-likeness (QED) is 0.289. The van der Waals surface area contributed by atoms with Crippen molar-refractivity contribution < 1.29 is 23.2 Å². The predicted molar refractivity (Wildman–Crippen MR) is 100 cm³/mol. The maximum atomic E-state index is 4.61. The summed E-state index contributed by atoms with van der Waals surface area (Å²) in [6.45, 7) is 13.7. The van der Waals surface area contributed by atoms with Crippen molar-refractivity contribution in [2.45, 2.75) is 41.5 Å². The summed E-state index contributed by atoms with van der Waals surface area (Å²) in [7, 11) is 5.50. The normalized spacial score (nSPS) is 9.10. The largest absolute Gasteiger partial charge is 0.576 e. The Morgan fingerprint density at radius 2 is 1.14 bits per heavy atom. The molecule has 0 aromatic carbocycles. The minimum absolute atomic E-state index is 0.446. The fourth-order valence-corrected chi connectivity index (χ4v) is 4.22. The van der Waals surface area contributed by atoms with E-state index in [2.05, 4.69) is 61.4 Å². The molecule has 21 heavy (non-hydrogen) atoms. The van der Waals surface area contributed by atoms with Gasteiger partial charge >= 0.3 is 28.2 Å². The van der Waals surface area contributed by atoms with Crippen LogP contribution in [0.3, 0.4) is 0 Å². The van der Waals surface area contributed by atoms with E-state index < -0.39 is 0 Å². The average Bonchev–Trinajstić information content (AvgIpc) is 3.13. The van der Waals surface area contributed by atoms with Crippen molar-refractivity contribution in [2.75, 3.05) is 37.0 Å². The maximum absolute atomic E-state index is 4.61. The molecule has 0 fully saturated rings. The first-order valence-electron chi connectivity index (χ1n) is 7.64. The van der Waals surface area contributed by atoms with E-state index in [0.717, 1.165) is 0 Å². The van der Waals surface area contributed by atoms with Crippen LogP contribution in [0.2, 0.25) is 0 Å². The van der Waals surface area contributed by atoms with Gasteiger partial charge in [0.1, 0.15) is 0 Å². The van der Waals surface area contributed by atoms with E-state index >= 15 is 0 Å². The third-order valence-corrected chi connectivity index (χ3v) is 8.43. The Kier molecular flexibility index (Phi) is 33.5. The Balaban J connectivity index is -0.000000220. The molecular formula is C16H33ClOP2Pt. The van der Waals surface area contributed by atoms with Crippen LogP contribution in [0.25, 0.3) is 0 Å². The van der Waals surface area contributed by atoms with Crippen molar-refractivity contribution in [1.82, 2.24) is 0 Å². The van der Waals surface area contributed by atoms with Gasteiger partial charge in [-0.3, -0.25) is 0 Å². The van der Waals surface area contributed by atoms with Crippen molar-refractivity contribution in [1.29, 1.82) is 0 Å². The predicted octanol–water partition coefficient (Wildman–Crippen LogP) is 6.82. The third kappa shape index (κ3) is 23.5. The van der Waals surface area contributed by atoms with E-state index in [4.69, 9.17) is 0 Å². The summed E-state index contributed by atoms with van der Waals surface area (Å²) in [6.07, 6.45) is 11.6. The van der Waals surface area contributed by atoms with Crippen LogP contribution in [0.15, 0.2) is 23.0 Å². The van der Waals surface area contributed by atoms with Gasteiger partial charge in [-0.2, -0.15) is 6.07 Å². The van der Waals surface area contributed by atoms with E-state index in [1.54, 1.807) is 31.1 Å². The number of furan rings is 1. The van der Waals surface area contributed by atoms with Gasteiger partial charge in [-0.25, -0.2) is 6.07 Å². The first-order chi connectivity index (χ1) is 10.2. The summed E-state index contributed by atoms with van der Waals surface area (Å²) in [5.41, 5.74) is 0. The molecule has 0 spiro atoms. The number of halogens is 1. The van der Waals surface area contributed by atoms with Crippen molar-refractivity contribution in [3.63, 3.8) is 0 Å². The first-order valence-corrected chi connectivity index (χ1v) is 14.3. The monoisotopic (exact) mass is 533 g/mol. The summed E-state index contributed by atoms with van der Waals surface area (Å²) in [6, 6.07) is 4.40. The van der Waals surface area contributed by atoms with Crippen LogP contribution >= 0.6 is 25.3 Å². The minimum Gasteiger partial charge on any atom is -0.576 e. The molecule has 0 aliphatic rings. The van der Waals surface area contributed by atoms with Crippen LogP contribution in [0.1, 0.15) is 41.5 Å². The van der Waals surface area contributed by atoms with Crippen LogP contribution in [-0.2, 0) is 18.8 Å². The SMILES string of the molecule is CCP(CC)CC.CCP(CC)CC.[Cl][Pt+].[c-]1ccoc1. The summed E-state index contributed by atoms with van der Waals surface area (Å²) in [4.78, 5) is 0. The smallest absolute Gasteiger partial charge is 0.0256 e. The van der Waals surface area contributed by atoms with Crippen LogP contribution in [-0.4, -0.2) is 37.0 Å². The van der Waals surface area contributed by atoms with Gasteiger partial charge < -0.3 is 4.42 Å². The molecule has 0 radical (unpaired) electrons. The minimum atomic E-state index is 0.446. The van der Waals surface area contributed by atoms with Gasteiger partial charge in [-0.15, -0.1) is 15.8 Å². The van der Waals surface area contributed by atoms with E-state index in [1.807, 2.05) is 0 Å². The Bertz CT molecular complexity index is 188. The zero-order chi connectivity index (χ0) is 16.9. The summed E-state index contributed by atoms with van der Waals surface area (Å²) < 4.78 is 4.53. The van der Waals surface area contributed by atoms with E-state index in [1.165, 1.54) is 43.2 Å². The second-order valence-corrected chi connectivity index (χ2v) is 10.4. The maximum Gasteiger partial charge on any atom is -0.0256 e. The number of rotatable bonds is 6. The van der Waals surface area contributed by atoms with E-state index in [9.17, 15) is 0 Å². The number of hydrogen-bond acceptors (Lipinski definition) is 1. The molecule has 1 heterocycles. The van der Waals surface area contributed by atoms with Gasteiger partial charge in [0, 0.05) is 0 Å². The first kappa shape index (κ1) is 27.0. The molecule has 0 N–H and O–H groups in total. The van der Waals surface area contributed by atoms with Crippen molar-refractivity contribution >= 4 is 25.3 Å². The molecule has 0 aliphatic carbocycles. The third-order valence-electron chi connectivity index (χ3n) is 3.06. The van der Waals surface area contributed by atoms with E-state index in [0.29, 0.717) is 15.8 Å². The molecular weight excluding hydrogens is 501 g/mol. The second kappa shape index (κ2) is 26.0. The van der Waals surface area contributed by atoms with Crippen LogP contribution in [0, 0.1) is 6.07 Å². The Hall–Kier alpha value is 1.12. The van der Waals surface area contributed by atoms with Crippen LogP contribution in [0.5, 0.6) is 0 Å². The van der Waals surface area contributed by atoms with Gasteiger partial charge in [-0.1, -0.05) is 47.8 Å². The Labute approximate surface area is 151 Å². The molecule has 0 unspecified atom stereocenters. The molecule has 1 rings (SSSR count). The van der Waals surface area contributed by atoms with Crippen molar-refractivity contribution in [2.24, 2.45) is 0 Å². The van der Waals surface area contributed by atoms with Gasteiger partial charge in [0.25, 0.3) is 0 Å². The molecule has 130 valence electrons. The van der Waals surface area contributed by atoms with Crippen molar-refractivity contribution in [3.05, 3.63) is 24.7 Å². The summed E-state index contributed by atoms with van der Waals surface area (Å²) >= 11 is 1.61. The molecule has 0 saturated heterocycles. The molecule has 0 saturated carbocycles. The Morgan fingerprint density at radius 1 is 0.810 bits per heavy atom. The Morgan fingerprint density at radius 3 is 1.19 bits per heavy atom. The molecule has 0 bridgehead atoms. The fourth-order valence-electron chi connectivity index (χ4n) is 1.54. The van der Waals surface area contributed by atoms with Crippen molar-refractivity contribution in [3.8, 4) is 0 Å². The fraction of sp³-hybridized carbons (Fsp3) is 0.750. The summed E-state index contributed by atoms with van der Waals surface area (Å²) in [5.74, 6) is 0. The average molecular weight is 534 g/mol. The standard InChI is InChI=1S/2C6H15P.C4H3O.ClH.Pt/c2*1-4-7(5-2)6-3;1-2-4-5-3-1;;/h2*4-6H2,1-3H3;1,3-4H;1H;/q;;-1;;+2/p-1. The number of hydrogen-bond donors (Lipinski definition) is 0. The van der Waals surface area contributed by atoms with Gasteiger partial charge in [0.05, 0.1) is 0 Å². The molecule has 0 atom stereocenters. The van der Waals surface area contributed by atoms with E-state index in [-0.39, 0.29) is 0 Å². The second-order valence-electron chi connectivity index (χ2n) is 3.96.